The second kappa shape index (κ2) is 9.68. The number of nitro benzene ring substituents is 1. The molecule has 1 heterocycles. The van der Waals surface area contributed by atoms with E-state index in [9.17, 15) is 23.3 Å². The molecule has 0 spiro atoms. The molecule has 2 N–H and O–H groups in total. The molecule has 10 heteroatoms. The minimum Gasteiger partial charge on any atom is -0.383 e. The number of hydrogen-bond acceptors (Lipinski definition) is 7. The molecule has 30 heavy (non-hydrogen) atoms. The quantitative estimate of drug-likeness (QED) is 0.369. The van der Waals surface area contributed by atoms with Crippen LogP contribution in [0, 0.1) is 10.1 Å². The number of sulfone groups is 1. The summed E-state index contributed by atoms with van der Waals surface area (Å²) in [6.07, 6.45) is 0. The van der Waals surface area contributed by atoms with Crippen molar-refractivity contribution in [1.29, 1.82) is 0 Å². The SMILES string of the molecule is O=C(NCCNc1ccc([N+](=O)[O-])cc1)C(c1ccccc1)N1CCS(=O)(=O)CC1. The Balaban J connectivity index is 1.57. The fourth-order valence-electron chi connectivity index (χ4n) is 3.34. The van der Waals surface area contributed by atoms with Gasteiger partial charge in [0.2, 0.25) is 5.91 Å². The molecular formula is C20H24N4O5S. The number of anilines is 1. The van der Waals surface area contributed by atoms with Gasteiger partial charge in [0.15, 0.2) is 9.84 Å². The summed E-state index contributed by atoms with van der Waals surface area (Å²) in [5.41, 5.74) is 1.55. The Hall–Kier alpha value is -2.98. The number of nitro groups is 1. The lowest BCUT2D eigenvalue weighted by atomic mass is 10.0. The lowest BCUT2D eigenvalue weighted by Gasteiger charge is -2.33. The number of nitrogens with zero attached hydrogens (tertiary/aromatic N) is 2. The van der Waals surface area contributed by atoms with Gasteiger partial charge in [-0.05, 0) is 17.7 Å². The number of carbonyl (C=O) groups is 1. The van der Waals surface area contributed by atoms with E-state index in [1.54, 1.807) is 12.1 Å². The van der Waals surface area contributed by atoms with Crippen LogP contribution in [0.3, 0.4) is 0 Å². The Labute approximate surface area is 175 Å². The zero-order valence-electron chi connectivity index (χ0n) is 16.4. The average molecular weight is 433 g/mol. The average Bonchev–Trinajstić information content (AvgIpc) is 2.74. The molecular weight excluding hydrogens is 408 g/mol. The van der Waals surface area contributed by atoms with Crippen LogP contribution >= 0.6 is 0 Å². The zero-order chi connectivity index (χ0) is 21.6. The van der Waals surface area contributed by atoms with Crippen molar-refractivity contribution in [2.45, 2.75) is 6.04 Å². The lowest BCUT2D eigenvalue weighted by Crippen LogP contribution is -2.48. The molecule has 1 saturated heterocycles. The van der Waals surface area contributed by atoms with E-state index >= 15 is 0 Å². The molecule has 0 bridgehead atoms. The highest BCUT2D eigenvalue weighted by atomic mass is 32.2. The monoisotopic (exact) mass is 432 g/mol. The highest BCUT2D eigenvalue weighted by molar-refractivity contribution is 7.91. The number of benzene rings is 2. The maximum atomic E-state index is 12.9. The largest absolute Gasteiger partial charge is 0.383 e. The van der Waals surface area contributed by atoms with Gasteiger partial charge in [0.1, 0.15) is 6.04 Å². The molecule has 0 radical (unpaired) electrons. The van der Waals surface area contributed by atoms with Crippen molar-refractivity contribution in [3.05, 3.63) is 70.3 Å². The highest BCUT2D eigenvalue weighted by Crippen LogP contribution is 2.23. The number of rotatable bonds is 8. The first-order valence-corrected chi connectivity index (χ1v) is 11.4. The maximum Gasteiger partial charge on any atom is 0.269 e. The smallest absolute Gasteiger partial charge is 0.269 e. The van der Waals surface area contributed by atoms with E-state index in [1.807, 2.05) is 35.2 Å². The topological polar surface area (TPSA) is 122 Å². The number of hydrogen-bond donors (Lipinski definition) is 2. The van der Waals surface area contributed by atoms with Gasteiger partial charge in [0, 0.05) is 44.0 Å². The van der Waals surface area contributed by atoms with E-state index in [4.69, 9.17) is 0 Å². The highest BCUT2D eigenvalue weighted by Gasteiger charge is 2.32. The fraction of sp³-hybridized carbons (Fsp3) is 0.350. The van der Waals surface area contributed by atoms with Gasteiger partial charge in [-0.15, -0.1) is 0 Å². The molecule has 0 aromatic heterocycles. The number of non-ortho nitro benzene ring substituents is 1. The van der Waals surface area contributed by atoms with Crippen LogP contribution in [0.5, 0.6) is 0 Å². The molecule has 0 saturated carbocycles. The van der Waals surface area contributed by atoms with Crippen molar-refractivity contribution >= 4 is 27.1 Å². The van der Waals surface area contributed by atoms with Crippen LogP contribution in [0.1, 0.15) is 11.6 Å². The Morgan fingerprint density at radius 1 is 1.03 bits per heavy atom. The van der Waals surface area contributed by atoms with Crippen molar-refractivity contribution in [2.75, 3.05) is 43.0 Å². The van der Waals surface area contributed by atoms with Crippen molar-refractivity contribution in [3.63, 3.8) is 0 Å². The molecule has 2 aromatic carbocycles. The van der Waals surface area contributed by atoms with Gasteiger partial charge >= 0.3 is 0 Å². The first-order chi connectivity index (χ1) is 14.4. The molecule has 2 aromatic rings. The molecule has 9 nitrogen and oxygen atoms in total. The summed E-state index contributed by atoms with van der Waals surface area (Å²) in [5, 5.41) is 16.7. The Kier molecular flexibility index (Phi) is 7.01. The summed E-state index contributed by atoms with van der Waals surface area (Å²) in [5.74, 6) is -0.0950. The van der Waals surface area contributed by atoms with Gasteiger partial charge < -0.3 is 10.6 Å². The molecule has 160 valence electrons. The molecule has 0 aliphatic carbocycles. The van der Waals surface area contributed by atoms with Crippen LogP contribution in [0.15, 0.2) is 54.6 Å². The molecule has 1 atom stereocenters. The molecule has 1 aliphatic rings. The Morgan fingerprint density at radius 3 is 2.27 bits per heavy atom. The molecule has 1 unspecified atom stereocenters. The van der Waals surface area contributed by atoms with Gasteiger partial charge in [-0.3, -0.25) is 19.8 Å². The Morgan fingerprint density at radius 2 is 1.67 bits per heavy atom. The van der Waals surface area contributed by atoms with Gasteiger partial charge in [-0.2, -0.15) is 0 Å². The Bertz CT molecular complexity index is 966. The fourth-order valence-corrected chi connectivity index (χ4v) is 4.57. The standard InChI is InChI=1S/C20H24N4O5S/c25-20(22-11-10-21-17-6-8-18(9-7-17)24(26)27)19(16-4-2-1-3-5-16)23-12-14-30(28,29)15-13-23/h1-9,19,21H,10-15H2,(H,22,25). The predicted molar refractivity (Wildman–Crippen MR) is 114 cm³/mol. The summed E-state index contributed by atoms with van der Waals surface area (Å²) in [6, 6.07) is 14.8. The van der Waals surface area contributed by atoms with Crippen LogP contribution in [0.25, 0.3) is 0 Å². The van der Waals surface area contributed by atoms with Gasteiger partial charge in [0.05, 0.1) is 16.4 Å². The second-order valence-electron chi connectivity index (χ2n) is 7.02. The normalized spacial score (nSPS) is 17.1. The van der Waals surface area contributed by atoms with Crippen molar-refractivity contribution in [3.8, 4) is 0 Å². The number of carbonyl (C=O) groups excluding carboxylic acids is 1. The van der Waals surface area contributed by atoms with Crippen LogP contribution in [0.2, 0.25) is 0 Å². The van der Waals surface area contributed by atoms with E-state index in [2.05, 4.69) is 10.6 Å². The van der Waals surface area contributed by atoms with E-state index in [-0.39, 0.29) is 23.1 Å². The number of nitrogens with one attached hydrogen (secondary N) is 2. The second-order valence-corrected chi connectivity index (χ2v) is 9.33. The van der Waals surface area contributed by atoms with Crippen LogP contribution < -0.4 is 10.6 Å². The zero-order valence-corrected chi connectivity index (χ0v) is 17.2. The molecule has 1 aliphatic heterocycles. The van der Waals surface area contributed by atoms with Gasteiger partial charge in [-0.1, -0.05) is 30.3 Å². The van der Waals surface area contributed by atoms with Crippen LogP contribution in [-0.2, 0) is 14.6 Å². The summed E-state index contributed by atoms with van der Waals surface area (Å²) >= 11 is 0. The maximum absolute atomic E-state index is 12.9. The molecule has 1 amide bonds. The third-order valence-corrected chi connectivity index (χ3v) is 6.55. The summed E-state index contributed by atoms with van der Waals surface area (Å²) in [7, 11) is -3.04. The molecule has 3 rings (SSSR count). The number of amides is 1. The van der Waals surface area contributed by atoms with Gasteiger partial charge in [-0.25, -0.2) is 8.42 Å². The van der Waals surface area contributed by atoms with Crippen LogP contribution in [0.4, 0.5) is 11.4 Å². The third-order valence-electron chi connectivity index (χ3n) is 4.94. The van der Waals surface area contributed by atoms with Gasteiger partial charge in [0.25, 0.3) is 5.69 Å². The molecule has 1 fully saturated rings. The summed E-state index contributed by atoms with van der Waals surface area (Å²) in [6.45, 7) is 1.43. The van der Waals surface area contributed by atoms with E-state index < -0.39 is 20.8 Å². The van der Waals surface area contributed by atoms with E-state index in [1.165, 1.54) is 12.1 Å². The first-order valence-electron chi connectivity index (χ1n) is 9.61. The van der Waals surface area contributed by atoms with E-state index in [0.29, 0.717) is 26.2 Å². The van der Waals surface area contributed by atoms with Crippen LogP contribution in [-0.4, -0.2) is 61.8 Å². The summed E-state index contributed by atoms with van der Waals surface area (Å²) < 4.78 is 23.5. The first kappa shape index (κ1) is 21.7. The predicted octanol–water partition coefficient (Wildman–Crippen LogP) is 1.59. The lowest BCUT2D eigenvalue weighted by molar-refractivity contribution is -0.384. The summed E-state index contributed by atoms with van der Waals surface area (Å²) in [4.78, 5) is 25.1. The van der Waals surface area contributed by atoms with Crippen molar-refractivity contribution < 1.29 is 18.1 Å². The van der Waals surface area contributed by atoms with E-state index in [0.717, 1.165) is 11.3 Å². The minimum absolute atomic E-state index is 0.0168. The minimum atomic E-state index is -3.04. The van der Waals surface area contributed by atoms with Crippen molar-refractivity contribution in [1.82, 2.24) is 10.2 Å². The van der Waals surface area contributed by atoms with Crippen molar-refractivity contribution in [2.24, 2.45) is 0 Å². The third kappa shape index (κ3) is 5.77.